The van der Waals surface area contributed by atoms with E-state index in [0.717, 1.165) is 0 Å². The molecule has 0 aromatic heterocycles. The Balaban J connectivity index is 2.76. The normalized spacial score (nSPS) is 11.1. The van der Waals surface area contributed by atoms with Gasteiger partial charge in [-0.3, -0.25) is 9.35 Å². The molecule has 0 bridgehead atoms. The summed E-state index contributed by atoms with van der Waals surface area (Å²) in [5.74, 6) is -0.128. The Morgan fingerprint density at radius 3 is 2.31 bits per heavy atom. The first-order valence-electron chi connectivity index (χ1n) is 4.27. The molecule has 5 nitrogen and oxygen atoms in total. The third kappa shape index (κ3) is 4.06. The molecule has 0 aliphatic carbocycles. The van der Waals surface area contributed by atoms with E-state index in [2.05, 4.69) is 0 Å². The van der Waals surface area contributed by atoms with Crippen LogP contribution in [0, 0.1) is 0 Å². The Labute approximate surface area is 107 Å². The number of rotatable bonds is 4. The van der Waals surface area contributed by atoms with E-state index in [0.29, 0.717) is 10.8 Å². The molecular weight excluding hydrogens is 347 g/mol. The molecule has 0 saturated carbocycles. The Bertz CT molecular complexity index is 465. The molecule has 1 aromatic carbocycles. The van der Waals surface area contributed by atoms with E-state index in [1.54, 1.807) is 0 Å². The van der Waals surface area contributed by atoms with Gasteiger partial charge in [-0.15, -0.1) is 0 Å². The number of benzene rings is 1. The van der Waals surface area contributed by atoms with Crippen LogP contribution >= 0.6 is 22.6 Å². The molecule has 0 atom stereocenters. The van der Waals surface area contributed by atoms with Crippen molar-refractivity contribution in [3.05, 3.63) is 24.3 Å². The molecule has 0 fully saturated rings. The SMILES string of the molecule is O=C(CCI)Oc1ccc(S(=O)(=O)O)cc1. The lowest BCUT2D eigenvalue weighted by Gasteiger charge is -2.03. The molecule has 0 unspecified atom stereocenters. The van der Waals surface area contributed by atoms with E-state index in [4.69, 9.17) is 9.29 Å². The Kier molecular flexibility index (Phi) is 4.69. The Hall–Kier alpha value is -0.670. The molecule has 0 radical (unpaired) electrons. The molecule has 0 aliphatic rings. The zero-order valence-electron chi connectivity index (χ0n) is 8.09. The summed E-state index contributed by atoms with van der Waals surface area (Å²) >= 11 is 2.05. The van der Waals surface area contributed by atoms with Crippen molar-refractivity contribution >= 4 is 38.7 Å². The lowest BCUT2D eigenvalue weighted by molar-refractivity contribution is -0.133. The molecule has 1 N–H and O–H groups in total. The van der Waals surface area contributed by atoms with Crippen molar-refractivity contribution in [3.63, 3.8) is 0 Å². The molecule has 0 heterocycles. The summed E-state index contributed by atoms with van der Waals surface area (Å²) in [6.45, 7) is 0. The van der Waals surface area contributed by atoms with Crippen LogP contribution in [0.2, 0.25) is 0 Å². The van der Waals surface area contributed by atoms with Gasteiger partial charge >= 0.3 is 5.97 Å². The average Bonchev–Trinajstić information content (AvgIpc) is 2.17. The summed E-state index contributed by atoms with van der Waals surface area (Å²) in [4.78, 5) is 10.9. The minimum atomic E-state index is -4.20. The summed E-state index contributed by atoms with van der Waals surface area (Å²) in [6, 6.07) is 4.96. The van der Waals surface area contributed by atoms with Crippen molar-refractivity contribution in [2.45, 2.75) is 11.3 Å². The number of hydrogen-bond donors (Lipinski definition) is 1. The average molecular weight is 356 g/mol. The number of alkyl halides is 1. The van der Waals surface area contributed by atoms with Gasteiger partial charge in [-0.2, -0.15) is 8.42 Å². The third-order valence-corrected chi connectivity index (χ3v) is 3.06. The van der Waals surface area contributed by atoms with Crippen molar-refractivity contribution in [1.82, 2.24) is 0 Å². The first-order valence-corrected chi connectivity index (χ1v) is 7.24. The van der Waals surface area contributed by atoms with Gasteiger partial charge in [0, 0.05) is 4.43 Å². The fraction of sp³-hybridized carbons (Fsp3) is 0.222. The highest BCUT2D eigenvalue weighted by molar-refractivity contribution is 14.1. The van der Waals surface area contributed by atoms with Gasteiger partial charge in [0.15, 0.2) is 0 Å². The molecule has 88 valence electrons. The fourth-order valence-corrected chi connectivity index (χ4v) is 1.86. The van der Waals surface area contributed by atoms with Gasteiger partial charge in [0.1, 0.15) is 5.75 Å². The standard InChI is InChI=1S/C9H9IO5S/c10-6-5-9(11)15-7-1-3-8(4-2-7)16(12,13)14/h1-4H,5-6H2,(H,12,13,14). The number of carbonyl (C=O) groups excluding carboxylic acids is 1. The minimum absolute atomic E-state index is 0.235. The van der Waals surface area contributed by atoms with Crippen molar-refractivity contribution in [1.29, 1.82) is 0 Å². The van der Waals surface area contributed by atoms with E-state index in [1.165, 1.54) is 24.3 Å². The monoisotopic (exact) mass is 356 g/mol. The molecule has 0 saturated heterocycles. The second-order valence-corrected chi connectivity index (χ2v) is 5.36. The van der Waals surface area contributed by atoms with Crippen LogP contribution in [0.15, 0.2) is 29.2 Å². The molecule has 1 aromatic rings. The summed E-state index contributed by atoms with van der Waals surface area (Å²) in [6.07, 6.45) is 0.292. The van der Waals surface area contributed by atoms with Crippen molar-refractivity contribution in [3.8, 4) is 5.75 Å². The lowest BCUT2D eigenvalue weighted by atomic mass is 10.3. The molecule has 0 amide bonds. The van der Waals surface area contributed by atoms with Gasteiger partial charge < -0.3 is 4.74 Å². The van der Waals surface area contributed by atoms with E-state index < -0.39 is 10.1 Å². The van der Waals surface area contributed by atoms with Gasteiger partial charge in [0.2, 0.25) is 0 Å². The highest BCUT2D eigenvalue weighted by Crippen LogP contribution is 2.16. The molecular formula is C9H9IO5S. The maximum Gasteiger partial charge on any atom is 0.311 e. The second-order valence-electron chi connectivity index (χ2n) is 2.86. The highest BCUT2D eigenvalue weighted by Gasteiger charge is 2.09. The molecule has 7 heteroatoms. The maximum atomic E-state index is 11.1. The summed E-state index contributed by atoms with van der Waals surface area (Å²) in [7, 11) is -4.20. The molecule has 0 spiro atoms. The number of carbonyl (C=O) groups is 1. The second kappa shape index (κ2) is 5.60. The quantitative estimate of drug-likeness (QED) is 0.292. The predicted molar refractivity (Wildman–Crippen MR) is 65.4 cm³/mol. The topological polar surface area (TPSA) is 80.7 Å². The van der Waals surface area contributed by atoms with Gasteiger partial charge in [-0.1, -0.05) is 22.6 Å². The van der Waals surface area contributed by atoms with E-state index in [1.807, 2.05) is 22.6 Å². The van der Waals surface area contributed by atoms with Crippen molar-refractivity contribution in [2.24, 2.45) is 0 Å². The van der Waals surface area contributed by atoms with Gasteiger partial charge in [0.05, 0.1) is 11.3 Å². The van der Waals surface area contributed by atoms with Crippen LogP contribution in [-0.2, 0) is 14.9 Å². The lowest BCUT2D eigenvalue weighted by Crippen LogP contribution is -2.08. The number of esters is 1. The van der Waals surface area contributed by atoms with E-state index in [9.17, 15) is 13.2 Å². The zero-order valence-corrected chi connectivity index (χ0v) is 11.1. The van der Waals surface area contributed by atoms with Crippen LogP contribution in [0.4, 0.5) is 0 Å². The fourth-order valence-electron chi connectivity index (χ4n) is 0.939. The van der Waals surface area contributed by atoms with Gasteiger partial charge in [-0.05, 0) is 24.3 Å². The Morgan fingerprint density at radius 1 is 1.31 bits per heavy atom. The first-order chi connectivity index (χ1) is 7.43. The molecule has 1 rings (SSSR count). The van der Waals surface area contributed by atoms with Crippen LogP contribution in [0.25, 0.3) is 0 Å². The predicted octanol–water partition coefficient (Wildman–Crippen LogP) is 1.66. The highest BCUT2D eigenvalue weighted by atomic mass is 127. The summed E-state index contributed by atoms with van der Waals surface area (Å²) in [5.41, 5.74) is 0. The molecule has 0 aliphatic heterocycles. The van der Waals surface area contributed by atoms with Crippen LogP contribution < -0.4 is 4.74 Å². The van der Waals surface area contributed by atoms with Crippen LogP contribution in [0.3, 0.4) is 0 Å². The van der Waals surface area contributed by atoms with E-state index in [-0.39, 0.29) is 16.6 Å². The van der Waals surface area contributed by atoms with Gasteiger partial charge in [0.25, 0.3) is 10.1 Å². The van der Waals surface area contributed by atoms with Crippen LogP contribution in [-0.4, -0.2) is 23.4 Å². The number of halogens is 1. The summed E-state index contributed by atoms with van der Waals surface area (Å²) in [5, 5.41) is 0. The minimum Gasteiger partial charge on any atom is -0.427 e. The van der Waals surface area contributed by atoms with Crippen LogP contribution in [0.1, 0.15) is 6.42 Å². The van der Waals surface area contributed by atoms with Gasteiger partial charge in [-0.25, -0.2) is 0 Å². The summed E-state index contributed by atoms with van der Waals surface area (Å²) < 4.78 is 35.7. The third-order valence-electron chi connectivity index (χ3n) is 1.65. The largest absolute Gasteiger partial charge is 0.427 e. The first kappa shape index (κ1) is 13.4. The van der Waals surface area contributed by atoms with Crippen molar-refractivity contribution < 1.29 is 22.5 Å². The Morgan fingerprint density at radius 2 is 1.88 bits per heavy atom. The number of ether oxygens (including phenoxy) is 1. The van der Waals surface area contributed by atoms with E-state index >= 15 is 0 Å². The van der Waals surface area contributed by atoms with Crippen molar-refractivity contribution in [2.75, 3.05) is 4.43 Å². The smallest absolute Gasteiger partial charge is 0.311 e. The number of hydrogen-bond acceptors (Lipinski definition) is 4. The maximum absolute atomic E-state index is 11.1. The van der Waals surface area contributed by atoms with Crippen LogP contribution in [0.5, 0.6) is 5.75 Å². The molecule has 16 heavy (non-hydrogen) atoms. The zero-order chi connectivity index (χ0) is 12.2.